The van der Waals surface area contributed by atoms with E-state index in [0.717, 1.165) is 10.4 Å². The van der Waals surface area contributed by atoms with E-state index >= 15 is 0 Å². The summed E-state index contributed by atoms with van der Waals surface area (Å²) in [6.45, 7) is 3.37. The van der Waals surface area contributed by atoms with Crippen LogP contribution in [0.2, 0.25) is 0 Å². The third kappa shape index (κ3) is 3.10. The number of terminal acetylenes is 1. The van der Waals surface area contributed by atoms with Crippen LogP contribution >= 0.6 is 0 Å². The highest BCUT2D eigenvalue weighted by Crippen LogP contribution is 2.24. The van der Waals surface area contributed by atoms with Crippen molar-refractivity contribution < 1.29 is 13.3 Å². The molecule has 0 atom stereocenters. The Morgan fingerprint density at radius 1 is 1.47 bits per heavy atom. The van der Waals surface area contributed by atoms with Crippen molar-refractivity contribution in [2.45, 2.75) is 18.7 Å². The van der Waals surface area contributed by atoms with Crippen LogP contribution in [0, 0.1) is 29.4 Å². The van der Waals surface area contributed by atoms with Gasteiger partial charge in [-0.1, -0.05) is 18.9 Å². The second kappa shape index (κ2) is 5.82. The number of non-ortho nitro benzene ring substituents is 1. The van der Waals surface area contributed by atoms with Crippen LogP contribution < -0.4 is 0 Å². The van der Waals surface area contributed by atoms with Crippen LogP contribution in [-0.4, -0.2) is 30.7 Å². The average Bonchev–Trinajstić information content (AvgIpc) is 2.35. The molecular formula is C12H14N2O4S. The van der Waals surface area contributed by atoms with Gasteiger partial charge < -0.3 is 0 Å². The van der Waals surface area contributed by atoms with Crippen LogP contribution in [-0.2, 0) is 10.0 Å². The van der Waals surface area contributed by atoms with Crippen LogP contribution in [0.5, 0.6) is 0 Å². The molecule has 0 aliphatic carbocycles. The molecule has 102 valence electrons. The number of hydrogen-bond donors (Lipinski definition) is 0. The number of nitro groups is 1. The van der Waals surface area contributed by atoms with Gasteiger partial charge in [0.15, 0.2) is 0 Å². The van der Waals surface area contributed by atoms with E-state index in [1.54, 1.807) is 13.8 Å². The minimum atomic E-state index is -3.81. The van der Waals surface area contributed by atoms with Crippen molar-refractivity contribution in [2.75, 3.05) is 13.1 Å². The third-order valence-corrected chi connectivity index (χ3v) is 4.68. The summed E-state index contributed by atoms with van der Waals surface area (Å²) in [5, 5.41) is 10.7. The molecule has 0 unspecified atom stereocenters. The van der Waals surface area contributed by atoms with E-state index in [-0.39, 0.29) is 23.7 Å². The molecule has 6 nitrogen and oxygen atoms in total. The van der Waals surface area contributed by atoms with Gasteiger partial charge in [-0.2, -0.15) is 4.31 Å². The largest absolute Gasteiger partial charge is 0.270 e. The fourth-order valence-corrected chi connectivity index (χ4v) is 3.20. The van der Waals surface area contributed by atoms with E-state index < -0.39 is 14.9 Å². The van der Waals surface area contributed by atoms with Crippen LogP contribution in [0.15, 0.2) is 23.1 Å². The molecule has 0 saturated carbocycles. The van der Waals surface area contributed by atoms with E-state index in [0.29, 0.717) is 5.56 Å². The first-order chi connectivity index (χ1) is 8.84. The molecule has 0 N–H and O–H groups in total. The molecule has 0 aromatic heterocycles. The van der Waals surface area contributed by atoms with Gasteiger partial charge in [0.1, 0.15) is 0 Å². The normalized spacial score (nSPS) is 11.3. The highest BCUT2D eigenvalue weighted by atomic mass is 32.2. The number of nitrogens with zero attached hydrogens (tertiary/aromatic N) is 2. The molecule has 19 heavy (non-hydrogen) atoms. The minimum Gasteiger partial charge on any atom is -0.258 e. The lowest BCUT2D eigenvalue weighted by Crippen LogP contribution is -2.31. The van der Waals surface area contributed by atoms with E-state index in [1.165, 1.54) is 12.1 Å². The Labute approximate surface area is 112 Å². The molecule has 0 aliphatic heterocycles. The Balaban J connectivity index is 3.39. The van der Waals surface area contributed by atoms with Crippen molar-refractivity contribution in [3.8, 4) is 12.3 Å². The second-order valence-corrected chi connectivity index (χ2v) is 5.75. The summed E-state index contributed by atoms with van der Waals surface area (Å²) in [6.07, 6.45) is 5.13. The maximum absolute atomic E-state index is 12.4. The predicted octanol–water partition coefficient (Wildman–Crippen LogP) is 1.55. The Kier molecular flexibility index (Phi) is 4.64. The van der Waals surface area contributed by atoms with Gasteiger partial charge in [0, 0.05) is 18.7 Å². The van der Waals surface area contributed by atoms with Crippen molar-refractivity contribution >= 4 is 15.7 Å². The molecule has 0 radical (unpaired) electrons. The lowest BCUT2D eigenvalue weighted by Gasteiger charge is -2.18. The van der Waals surface area contributed by atoms with Gasteiger partial charge in [-0.05, 0) is 12.5 Å². The zero-order valence-electron chi connectivity index (χ0n) is 10.7. The SMILES string of the molecule is C#CCN(CC)S(=O)(=O)c1cc([N+](=O)[O-])ccc1C. The zero-order chi connectivity index (χ0) is 14.6. The molecule has 0 saturated heterocycles. The van der Waals surface area contributed by atoms with Gasteiger partial charge >= 0.3 is 0 Å². The average molecular weight is 282 g/mol. The number of nitro benzene ring substituents is 1. The Morgan fingerprint density at radius 3 is 2.58 bits per heavy atom. The maximum Gasteiger partial charge on any atom is 0.270 e. The number of aryl methyl sites for hydroxylation is 1. The molecule has 0 bridgehead atoms. The second-order valence-electron chi connectivity index (χ2n) is 3.84. The highest BCUT2D eigenvalue weighted by Gasteiger charge is 2.26. The summed E-state index contributed by atoms with van der Waals surface area (Å²) in [7, 11) is -3.81. The van der Waals surface area contributed by atoms with E-state index in [9.17, 15) is 18.5 Å². The Bertz CT molecular complexity index is 632. The van der Waals surface area contributed by atoms with Crippen LogP contribution in [0.3, 0.4) is 0 Å². The fourth-order valence-electron chi connectivity index (χ4n) is 1.59. The third-order valence-electron chi connectivity index (χ3n) is 2.62. The van der Waals surface area contributed by atoms with Gasteiger partial charge in [-0.25, -0.2) is 8.42 Å². The fraction of sp³-hybridized carbons (Fsp3) is 0.333. The van der Waals surface area contributed by atoms with E-state index in [2.05, 4.69) is 5.92 Å². The first-order valence-electron chi connectivity index (χ1n) is 5.53. The number of rotatable bonds is 5. The first kappa shape index (κ1) is 15.1. The Morgan fingerprint density at radius 2 is 2.11 bits per heavy atom. The van der Waals surface area contributed by atoms with Crippen LogP contribution in [0.4, 0.5) is 5.69 Å². The van der Waals surface area contributed by atoms with Gasteiger partial charge in [0.2, 0.25) is 10.0 Å². The molecule has 0 fully saturated rings. The summed E-state index contributed by atoms with van der Waals surface area (Å²) in [5.74, 6) is 2.26. The smallest absolute Gasteiger partial charge is 0.258 e. The van der Waals surface area contributed by atoms with Gasteiger partial charge in [0.05, 0.1) is 16.4 Å². The molecule has 0 aliphatic rings. The lowest BCUT2D eigenvalue weighted by molar-refractivity contribution is -0.385. The summed E-state index contributed by atoms with van der Waals surface area (Å²) in [6, 6.07) is 3.74. The summed E-state index contributed by atoms with van der Waals surface area (Å²) < 4.78 is 25.8. The van der Waals surface area contributed by atoms with Crippen molar-refractivity contribution in [1.29, 1.82) is 0 Å². The van der Waals surface area contributed by atoms with Gasteiger partial charge in [0.25, 0.3) is 5.69 Å². The van der Waals surface area contributed by atoms with Crippen molar-refractivity contribution in [2.24, 2.45) is 0 Å². The van der Waals surface area contributed by atoms with Crippen LogP contribution in [0.1, 0.15) is 12.5 Å². The molecule has 1 aromatic carbocycles. The first-order valence-corrected chi connectivity index (χ1v) is 6.97. The number of sulfonamides is 1. The van der Waals surface area contributed by atoms with E-state index in [4.69, 9.17) is 6.42 Å². The number of hydrogen-bond acceptors (Lipinski definition) is 4. The highest BCUT2D eigenvalue weighted by molar-refractivity contribution is 7.89. The molecular weight excluding hydrogens is 268 g/mol. The summed E-state index contributed by atoms with van der Waals surface area (Å²) in [4.78, 5) is 10.0. The lowest BCUT2D eigenvalue weighted by atomic mass is 10.2. The summed E-state index contributed by atoms with van der Waals surface area (Å²) >= 11 is 0. The quantitative estimate of drug-likeness (QED) is 0.466. The van der Waals surface area contributed by atoms with Crippen molar-refractivity contribution in [3.63, 3.8) is 0 Å². The van der Waals surface area contributed by atoms with Crippen LogP contribution in [0.25, 0.3) is 0 Å². The maximum atomic E-state index is 12.4. The molecule has 7 heteroatoms. The molecule has 1 aromatic rings. The number of benzene rings is 1. The van der Waals surface area contributed by atoms with Crippen molar-refractivity contribution in [3.05, 3.63) is 33.9 Å². The van der Waals surface area contributed by atoms with Crippen molar-refractivity contribution in [1.82, 2.24) is 4.31 Å². The zero-order valence-corrected chi connectivity index (χ0v) is 11.5. The van der Waals surface area contributed by atoms with E-state index in [1.807, 2.05) is 0 Å². The molecule has 0 amide bonds. The molecule has 0 heterocycles. The summed E-state index contributed by atoms with van der Waals surface area (Å²) in [5.41, 5.74) is 0.182. The monoisotopic (exact) mass is 282 g/mol. The molecule has 1 rings (SSSR count). The predicted molar refractivity (Wildman–Crippen MR) is 71.1 cm³/mol. The van der Waals surface area contributed by atoms with Gasteiger partial charge in [-0.15, -0.1) is 6.42 Å². The Hall–Kier alpha value is -1.91. The molecule has 0 spiro atoms. The minimum absolute atomic E-state index is 0.0685. The standard InChI is InChI=1S/C12H14N2O4S/c1-4-8-13(5-2)19(17,18)12-9-11(14(15)16)7-6-10(12)3/h1,6-7,9H,5,8H2,2-3H3. The topological polar surface area (TPSA) is 80.5 Å². The van der Waals surface area contributed by atoms with Gasteiger partial charge in [-0.3, -0.25) is 10.1 Å².